The van der Waals surface area contributed by atoms with Crippen LogP contribution in [0, 0.1) is 0 Å². The van der Waals surface area contributed by atoms with E-state index in [1.54, 1.807) is 6.92 Å². The Hall–Kier alpha value is -1.93. The van der Waals surface area contributed by atoms with Crippen molar-refractivity contribution in [1.29, 1.82) is 0 Å². The van der Waals surface area contributed by atoms with Crippen molar-refractivity contribution in [2.45, 2.75) is 24.8 Å². The zero-order valence-corrected chi connectivity index (χ0v) is 10.9. The maximum Gasteiger partial charge on any atom is 0.328 e. The zero-order valence-electron chi connectivity index (χ0n) is 10.1. The molecular formula is C11H12N2O5S. The quantitative estimate of drug-likeness (QED) is 0.790. The van der Waals surface area contributed by atoms with Crippen molar-refractivity contribution in [2.24, 2.45) is 0 Å². The van der Waals surface area contributed by atoms with E-state index >= 15 is 0 Å². The maximum absolute atomic E-state index is 12.2. The van der Waals surface area contributed by atoms with Crippen LogP contribution >= 0.6 is 0 Å². The topological polar surface area (TPSA) is 109 Å². The average molecular weight is 284 g/mol. The highest BCUT2D eigenvalue weighted by atomic mass is 32.2. The van der Waals surface area contributed by atoms with E-state index in [-0.39, 0.29) is 17.4 Å². The highest BCUT2D eigenvalue weighted by molar-refractivity contribution is 7.86. The van der Waals surface area contributed by atoms with Gasteiger partial charge in [0.1, 0.15) is 4.90 Å². The number of nitrogens with one attached hydrogen (secondary N) is 1. The normalized spacial score (nSPS) is 11.9. The summed E-state index contributed by atoms with van der Waals surface area (Å²) >= 11 is 0. The first kappa shape index (κ1) is 13.5. The molecule has 0 saturated carbocycles. The Bertz CT molecular complexity index is 847. The molecule has 102 valence electrons. The van der Waals surface area contributed by atoms with E-state index in [1.165, 1.54) is 12.1 Å². The van der Waals surface area contributed by atoms with E-state index in [9.17, 15) is 18.0 Å². The van der Waals surface area contributed by atoms with Crippen LogP contribution in [0.15, 0.2) is 32.7 Å². The molecule has 2 N–H and O–H groups in total. The highest BCUT2D eigenvalue weighted by Gasteiger charge is 2.18. The summed E-state index contributed by atoms with van der Waals surface area (Å²) in [6.45, 7) is 1.95. The lowest BCUT2D eigenvalue weighted by Gasteiger charge is -2.07. The molecule has 8 heteroatoms. The standard InChI is InChI=1S/C11H12N2O5S/c1-2-6-13-10(14)9-7(12-11(13)15)4-3-5-8(9)19(16,17)18/h3-5H,2,6H2,1H3,(H,12,15)(H,16,17,18). The third-order valence-electron chi connectivity index (χ3n) is 2.70. The number of hydrogen-bond donors (Lipinski definition) is 2. The van der Waals surface area contributed by atoms with Gasteiger partial charge in [0, 0.05) is 6.54 Å². The summed E-state index contributed by atoms with van der Waals surface area (Å²) in [6.07, 6.45) is 0.544. The average Bonchev–Trinajstić information content (AvgIpc) is 2.32. The van der Waals surface area contributed by atoms with Crippen LogP contribution < -0.4 is 11.2 Å². The molecule has 0 fully saturated rings. The molecule has 1 aromatic heterocycles. The number of benzene rings is 1. The van der Waals surface area contributed by atoms with Crippen molar-refractivity contribution in [3.05, 3.63) is 39.0 Å². The maximum atomic E-state index is 12.2. The molecule has 0 bridgehead atoms. The minimum Gasteiger partial charge on any atom is -0.307 e. The van der Waals surface area contributed by atoms with E-state index < -0.39 is 26.3 Å². The SMILES string of the molecule is CCCn1c(=O)[nH]c2cccc(S(=O)(=O)O)c2c1=O. The predicted molar refractivity (Wildman–Crippen MR) is 68.9 cm³/mol. The summed E-state index contributed by atoms with van der Waals surface area (Å²) in [7, 11) is -4.53. The first-order valence-corrected chi connectivity index (χ1v) is 7.03. The van der Waals surface area contributed by atoms with Gasteiger partial charge in [0.05, 0.1) is 10.9 Å². The Morgan fingerprint density at radius 1 is 1.32 bits per heavy atom. The van der Waals surface area contributed by atoms with Gasteiger partial charge >= 0.3 is 5.69 Å². The lowest BCUT2D eigenvalue weighted by molar-refractivity contribution is 0.484. The molecule has 7 nitrogen and oxygen atoms in total. The van der Waals surface area contributed by atoms with Gasteiger partial charge in [0.15, 0.2) is 0 Å². The van der Waals surface area contributed by atoms with Crippen molar-refractivity contribution in [3.8, 4) is 0 Å². The second-order valence-corrected chi connectivity index (χ2v) is 5.43. The second kappa shape index (κ2) is 4.63. The van der Waals surface area contributed by atoms with Gasteiger partial charge in [-0.15, -0.1) is 0 Å². The molecule has 0 aliphatic carbocycles. The summed E-state index contributed by atoms with van der Waals surface area (Å²) in [6, 6.07) is 3.86. The van der Waals surface area contributed by atoms with Gasteiger partial charge in [-0.25, -0.2) is 4.79 Å². The summed E-state index contributed by atoms with van der Waals surface area (Å²) < 4.78 is 32.6. The third-order valence-corrected chi connectivity index (χ3v) is 3.59. The first-order valence-electron chi connectivity index (χ1n) is 5.59. The van der Waals surface area contributed by atoms with E-state index in [1.807, 2.05) is 0 Å². The molecule has 0 unspecified atom stereocenters. The summed E-state index contributed by atoms with van der Waals surface area (Å²) in [4.78, 5) is 25.8. The molecule has 0 amide bonds. The fourth-order valence-electron chi connectivity index (χ4n) is 1.91. The molecule has 0 spiro atoms. The summed E-state index contributed by atoms with van der Waals surface area (Å²) in [5.41, 5.74) is -1.25. The van der Waals surface area contributed by atoms with Crippen LogP contribution in [0.5, 0.6) is 0 Å². The number of rotatable bonds is 3. The minimum atomic E-state index is -4.53. The Morgan fingerprint density at radius 2 is 2.00 bits per heavy atom. The van der Waals surface area contributed by atoms with E-state index in [4.69, 9.17) is 4.55 Å². The van der Waals surface area contributed by atoms with Crippen molar-refractivity contribution in [2.75, 3.05) is 0 Å². The van der Waals surface area contributed by atoms with Crippen LogP contribution in [-0.2, 0) is 16.7 Å². The summed E-state index contributed by atoms with van der Waals surface area (Å²) in [5.74, 6) is 0. The van der Waals surface area contributed by atoms with Crippen LogP contribution in [0.2, 0.25) is 0 Å². The van der Waals surface area contributed by atoms with E-state index in [2.05, 4.69) is 4.98 Å². The van der Waals surface area contributed by atoms with Gasteiger partial charge in [0.25, 0.3) is 15.7 Å². The predicted octanol–water partition coefficient (Wildman–Crippen LogP) is 0.347. The smallest absolute Gasteiger partial charge is 0.307 e. The first-order chi connectivity index (χ1) is 8.86. The molecule has 0 aliphatic rings. The molecule has 19 heavy (non-hydrogen) atoms. The van der Waals surface area contributed by atoms with Gasteiger partial charge < -0.3 is 4.98 Å². The van der Waals surface area contributed by atoms with Crippen LogP contribution in [-0.4, -0.2) is 22.5 Å². The molecular weight excluding hydrogens is 272 g/mol. The van der Waals surface area contributed by atoms with E-state index in [0.717, 1.165) is 10.6 Å². The number of aromatic nitrogens is 2. The Morgan fingerprint density at radius 3 is 2.58 bits per heavy atom. The number of fused-ring (bicyclic) bond motifs is 1. The molecule has 1 aromatic carbocycles. The Labute approximate surface area is 108 Å². The number of aromatic amines is 1. The van der Waals surface area contributed by atoms with Crippen molar-refractivity contribution in [1.82, 2.24) is 9.55 Å². The monoisotopic (exact) mass is 284 g/mol. The van der Waals surface area contributed by atoms with Gasteiger partial charge in [-0.1, -0.05) is 13.0 Å². The zero-order chi connectivity index (χ0) is 14.2. The van der Waals surface area contributed by atoms with Crippen molar-refractivity contribution >= 4 is 21.0 Å². The largest absolute Gasteiger partial charge is 0.328 e. The molecule has 0 atom stereocenters. The molecule has 1 heterocycles. The fraction of sp³-hybridized carbons (Fsp3) is 0.273. The molecule has 2 aromatic rings. The summed E-state index contributed by atoms with van der Waals surface area (Å²) in [5, 5.41) is -0.210. The molecule has 0 radical (unpaired) electrons. The minimum absolute atomic E-state index is 0.0810. The molecule has 2 rings (SSSR count). The number of H-pyrrole nitrogens is 1. The van der Waals surface area contributed by atoms with Crippen LogP contribution in [0.3, 0.4) is 0 Å². The fourth-order valence-corrected chi connectivity index (χ4v) is 2.61. The number of nitrogens with zero attached hydrogens (tertiary/aromatic N) is 1. The lowest BCUT2D eigenvalue weighted by Crippen LogP contribution is -2.35. The van der Waals surface area contributed by atoms with Gasteiger partial charge in [-0.05, 0) is 18.6 Å². The van der Waals surface area contributed by atoms with Crippen LogP contribution in [0.4, 0.5) is 0 Å². The molecule has 0 saturated heterocycles. The lowest BCUT2D eigenvalue weighted by atomic mass is 10.2. The Kier molecular flexibility index (Phi) is 3.29. The van der Waals surface area contributed by atoms with Gasteiger partial charge in [-0.2, -0.15) is 8.42 Å². The second-order valence-electron chi connectivity index (χ2n) is 4.04. The van der Waals surface area contributed by atoms with Gasteiger partial charge in [-0.3, -0.25) is 13.9 Å². The van der Waals surface area contributed by atoms with Crippen LogP contribution in [0.25, 0.3) is 10.9 Å². The third kappa shape index (κ3) is 2.32. The van der Waals surface area contributed by atoms with Crippen molar-refractivity contribution < 1.29 is 13.0 Å². The van der Waals surface area contributed by atoms with Crippen LogP contribution in [0.1, 0.15) is 13.3 Å². The Balaban J connectivity index is 3.02. The number of hydrogen-bond acceptors (Lipinski definition) is 4. The molecule has 0 aliphatic heterocycles. The highest BCUT2D eigenvalue weighted by Crippen LogP contribution is 2.16. The van der Waals surface area contributed by atoms with Crippen molar-refractivity contribution in [3.63, 3.8) is 0 Å². The van der Waals surface area contributed by atoms with E-state index in [0.29, 0.717) is 6.42 Å². The van der Waals surface area contributed by atoms with Gasteiger partial charge in [0.2, 0.25) is 0 Å².